The molecule has 0 N–H and O–H groups in total. The van der Waals surface area contributed by atoms with Crippen molar-refractivity contribution in [1.29, 1.82) is 0 Å². The van der Waals surface area contributed by atoms with Gasteiger partial charge in [0.05, 0.1) is 7.11 Å². The fourth-order valence-corrected chi connectivity index (χ4v) is 2.08. The standard InChI is InChI=1S/C14H13IO/c1-16-14-8-6-13(7-9-14)12-4-2-11(10-15)3-5-12/h2-9H,10H2,1H3. The van der Waals surface area contributed by atoms with Gasteiger partial charge in [-0.05, 0) is 28.8 Å². The Morgan fingerprint density at radius 2 is 1.38 bits per heavy atom. The summed E-state index contributed by atoms with van der Waals surface area (Å²) in [7, 11) is 1.68. The van der Waals surface area contributed by atoms with Crippen molar-refractivity contribution in [2.45, 2.75) is 4.43 Å². The number of hydrogen-bond donors (Lipinski definition) is 0. The highest BCUT2D eigenvalue weighted by molar-refractivity contribution is 14.1. The number of alkyl halides is 1. The number of benzene rings is 2. The molecule has 0 radical (unpaired) electrons. The molecule has 0 saturated carbocycles. The van der Waals surface area contributed by atoms with Crippen LogP contribution in [-0.2, 0) is 4.43 Å². The average molecular weight is 324 g/mol. The summed E-state index contributed by atoms with van der Waals surface area (Å²) in [4.78, 5) is 0. The molecule has 2 rings (SSSR count). The molecule has 0 bridgehead atoms. The minimum absolute atomic E-state index is 0.896. The molecule has 16 heavy (non-hydrogen) atoms. The highest BCUT2D eigenvalue weighted by Crippen LogP contribution is 2.23. The molecule has 2 aromatic carbocycles. The van der Waals surface area contributed by atoms with E-state index in [4.69, 9.17) is 4.74 Å². The van der Waals surface area contributed by atoms with Gasteiger partial charge in [-0.15, -0.1) is 0 Å². The molecule has 0 aliphatic rings. The maximum absolute atomic E-state index is 5.14. The number of rotatable bonds is 3. The largest absolute Gasteiger partial charge is 0.497 e. The zero-order chi connectivity index (χ0) is 11.4. The molecule has 1 nitrogen and oxygen atoms in total. The fraction of sp³-hybridized carbons (Fsp3) is 0.143. The first kappa shape index (κ1) is 11.5. The van der Waals surface area contributed by atoms with Crippen molar-refractivity contribution in [2.24, 2.45) is 0 Å². The Balaban J connectivity index is 2.28. The molecule has 0 atom stereocenters. The van der Waals surface area contributed by atoms with E-state index < -0.39 is 0 Å². The molecule has 82 valence electrons. The third-order valence-corrected chi connectivity index (χ3v) is 3.41. The van der Waals surface area contributed by atoms with Crippen LogP contribution in [0.4, 0.5) is 0 Å². The van der Waals surface area contributed by atoms with Gasteiger partial charge in [0.15, 0.2) is 0 Å². The van der Waals surface area contributed by atoms with Crippen molar-refractivity contribution in [2.75, 3.05) is 7.11 Å². The summed E-state index contributed by atoms with van der Waals surface area (Å²) in [6.45, 7) is 0. The van der Waals surface area contributed by atoms with E-state index in [1.165, 1.54) is 16.7 Å². The van der Waals surface area contributed by atoms with Gasteiger partial charge in [-0.3, -0.25) is 0 Å². The summed E-state index contributed by atoms with van der Waals surface area (Å²) < 4.78 is 6.20. The van der Waals surface area contributed by atoms with Crippen molar-refractivity contribution in [3.8, 4) is 16.9 Å². The van der Waals surface area contributed by atoms with Crippen LogP contribution in [-0.4, -0.2) is 7.11 Å². The Hall–Kier alpha value is -1.03. The smallest absolute Gasteiger partial charge is 0.118 e. The van der Waals surface area contributed by atoms with E-state index in [1.54, 1.807) is 7.11 Å². The van der Waals surface area contributed by atoms with Crippen molar-refractivity contribution in [3.63, 3.8) is 0 Å². The summed E-state index contributed by atoms with van der Waals surface area (Å²) in [5.74, 6) is 0.896. The van der Waals surface area contributed by atoms with Gasteiger partial charge in [0.1, 0.15) is 5.75 Å². The van der Waals surface area contributed by atoms with Crippen molar-refractivity contribution in [1.82, 2.24) is 0 Å². The second-order valence-electron chi connectivity index (χ2n) is 3.56. The van der Waals surface area contributed by atoms with Crippen molar-refractivity contribution >= 4 is 22.6 Å². The van der Waals surface area contributed by atoms with Gasteiger partial charge in [-0.25, -0.2) is 0 Å². The first-order valence-electron chi connectivity index (χ1n) is 5.13. The Morgan fingerprint density at radius 1 is 0.875 bits per heavy atom. The van der Waals surface area contributed by atoms with E-state index in [9.17, 15) is 0 Å². The lowest BCUT2D eigenvalue weighted by molar-refractivity contribution is 0.415. The summed E-state index contributed by atoms with van der Waals surface area (Å²) in [5, 5.41) is 0. The van der Waals surface area contributed by atoms with Crippen LogP contribution in [0.2, 0.25) is 0 Å². The number of ether oxygens (including phenoxy) is 1. The van der Waals surface area contributed by atoms with Crippen LogP contribution in [0, 0.1) is 0 Å². The van der Waals surface area contributed by atoms with Crippen LogP contribution in [0.15, 0.2) is 48.5 Å². The van der Waals surface area contributed by atoms with Crippen LogP contribution in [0.25, 0.3) is 11.1 Å². The van der Waals surface area contributed by atoms with E-state index in [1.807, 2.05) is 12.1 Å². The lowest BCUT2D eigenvalue weighted by Gasteiger charge is -2.04. The summed E-state index contributed by atoms with van der Waals surface area (Å²) >= 11 is 2.37. The maximum atomic E-state index is 5.14. The quantitative estimate of drug-likeness (QED) is 0.604. The lowest BCUT2D eigenvalue weighted by Crippen LogP contribution is -1.83. The van der Waals surface area contributed by atoms with Gasteiger partial charge >= 0.3 is 0 Å². The third kappa shape index (κ3) is 2.55. The van der Waals surface area contributed by atoms with Gasteiger partial charge in [-0.2, -0.15) is 0 Å². The Bertz CT molecular complexity index is 400. The minimum atomic E-state index is 0.896. The average Bonchev–Trinajstić information content (AvgIpc) is 2.39. The van der Waals surface area contributed by atoms with Crippen molar-refractivity contribution in [3.05, 3.63) is 54.1 Å². The maximum Gasteiger partial charge on any atom is 0.118 e. The lowest BCUT2D eigenvalue weighted by atomic mass is 10.0. The molecule has 2 heteroatoms. The molecule has 2 aromatic rings. The van der Waals surface area contributed by atoms with E-state index in [0.717, 1.165) is 10.2 Å². The van der Waals surface area contributed by atoms with Gasteiger partial charge in [0, 0.05) is 4.43 Å². The number of halogens is 1. The number of hydrogen-bond acceptors (Lipinski definition) is 1. The minimum Gasteiger partial charge on any atom is -0.497 e. The van der Waals surface area contributed by atoms with Crippen molar-refractivity contribution < 1.29 is 4.74 Å². The molecule has 0 spiro atoms. The zero-order valence-corrected chi connectivity index (χ0v) is 11.3. The molecular formula is C14H13IO. The Labute approximate surface area is 110 Å². The molecule has 0 unspecified atom stereocenters. The second kappa shape index (κ2) is 5.34. The normalized spacial score (nSPS) is 10.1. The molecule has 0 aliphatic carbocycles. The molecular weight excluding hydrogens is 311 g/mol. The van der Waals surface area contributed by atoms with Crippen LogP contribution >= 0.6 is 22.6 Å². The molecule has 0 aliphatic heterocycles. The third-order valence-electron chi connectivity index (χ3n) is 2.53. The first-order valence-corrected chi connectivity index (χ1v) is 6.65. The van der Waals surface area contributed by atoms with E-state index >= 15 is 0 Å². The molecule has 0 heterocycles. The van der Waals surface area contributed by atoms with E-state index in [2.05, 4.69) is 59.0 Å². The molecule has 0 aromatic heterocycles. The topological polar surface area (TPSA) is 9.23 Å². The van der Waals surface area contributed by atoms with Gasteiger partial charge < -0.3 is 4.74 Å². The van der Waals surface area contributed by atoms with Gasteiger partial charge in [0.25, 0.3) is 0 Å². The SMILES string of the molecule is COc1ccc(-c2ccc(CI)cc2)cc1. The zero-order valence-electron chi connectivity index (χ0n) is 9.11. The summed E-state index contributed by atoms with van der Waals surface area (Å²) in [6, 6.07) is 16.8. The fourth-order valence-electron chi connectivity index (χ4n) is 1.57. The van der Waals surface area contributed by atoms with Gasteiger partial charge in [0.2, 0.25) is 0 Å². The highest BCUT2D eigenvalue weighted by atomic mass is 127. The first-order chi connectivity index (χ1) is 7.83. The van der Waals surface area contributed by atoms with E-state index in [-0.39, 0.29) is 0 Å². The Kier molecular flexibility index (Phi) is 3.83. The summed E-state index contributed by atoms with van der Waals surface area (Å²) in [6.07, 6.45) is 0. The Morgan fingerprint density at radius 3 is 1.81 bits per heavy atom. The van der Waals surface area contributed by atoms with Crippen LogP contribution < -0.4 is 4.74 Å². The predicted molar refractivity (Wildman–Crippen MR) is 76.2 cm³/mol. The van der Waals surface area contributed by atoms with E-state index in [0.29, 0.717) is 0 Å². The number of methoxy groups -OCH3 is 1. The monoisotopic (exact) mass is 324 g/mol. The predicted octanol–water partition coefficient (Wildman–Crippen LogP) is 4.30. The van der Waals surface area contributed by atoms with Crippen LogP contribution in [0.1, 0.15) is 5.56 Å². The van der Waals surface area contributed by atoms with Gasteiger partial charge in [-0.1, -0.05) is 59.0 Å². The second-order valence-corrected chi connectivity index (χ2v) is 4.32. The molecule has 0 amide bonds. The molecule has 0 saturated heterocycles. The van der Waals surface area contributed by atoms with Crippen LogP contribution in [0.5, 0.6) is 5.75 Å². The highest BCUT2D eigenvalue weighted by Gasteiger charge is 1.98. The van der Waals surface area contributed by atoms with Crippen LogP contribution in [0.3, 0.4) is 0 Å². The summed E-state index contributed by atoms with van der Waals surface area (Å²) in [5.41, 5.74) is 3.83. The molecule has 0 fully saturated rings.